The van der Waals surface area contributed by atoms with Gasteiger partial charge in [0.15, 0.2) is 0 Å². The molecule has 4 aliphatic carbocycles. The van der Waals surface area contributed by atoms with Crippen LogP contribution in [-0.2, 0) is 19.3 Å². The second-order valence-corrected chi connectivity index (χ2v) is 11.5. The molecule has 0 aromatic carbocycles. The van der Waals surface area contributed by atoms with Crippen LogP contribution < -0.4 is 0 Å². The number of hydrogen-bond acceptors (Lipinski definition) is 5. The fourth-order valence-corrected chi connectivity index (χ4v) is 8.02. The molecule has 0 spiro atoms. The van der Waals surface area contributed by atoms with E-state index >= 15 is 0 Å². The first-order valence-electron chi connectivity index (χ1n) is 12.0. The molecule has 5 unspecified atom stereocenters. The van der Waals surface area contributed by atoms with Crippen molar-refractivity contribution in [1.82, 2.24) is 0 Å². The topological polar surface area (TPSA) is 65.0 Å². The Bertz CT molecular complexity index is 735. The van der Waals surface area contributed by atoms with Crippen molar-refractivity contribution in [2.75, 3.05) is 0 Å². The van der Waals surface area contributed by atoms with Crippen molar-refractivity contribution >= 4 is 21.9 Å². The fourth-order valence-electron chi connectivity index (χ4n) is 7.09. The van der Waals surface area contributed by atoms with Gasteiger partial charge < -0.3 is 14.7 Å². The maximum atomic E-state index is 11.6. The average molecular weight is 497 g/mol. The maximum absolute atomic E-state index is 11.6. The Morgan fingerprint density at radius 1 is 1.32 bits per heavy atom. The van der Waals surface area contributed by atoms with Gasteiger partial charge in [0.05, 0.1) is 10.9 Å². The number of aliphatic hydroxyl groups excluding tert-OH is 1. The number of rotatable bonds is 6. The fraction of sp³-hybridized carbons (Fsp3) is 0.800. The van der Waals surface area contributed by atoms with Crippen LogP contribution in [0.1, 0.15) is 72.1 Å². The van der Waals surface area contributed by atoms with E-state index in [2.05, 4.69) is 42.4 Å². The largest absolute Gasteiger partial charge is 0.461 e. The van der Waals surface area contributed by atoms with E-state index in [4.69, 9.17) is 14.5 Å². The normalized spacial score (nSPS) is 43.8. The van der Waals surface area contributed by atoms with Crippen LogP contribution >= 0.6 is 15.9 Å². The van der Waals surface area contributed by atoms with Gasteiger partial charge in [0, 0.05) is 19.3 Å². The smallest absolute Gasteiger partial charge is 0.302 e. The Morgan fingerprint density at radius 2 is 2.10 bits per heavy atom. The zero-order valence-electron chi connectivity index (χ0n) is 19.0. The predicted octanol–water partition coefficient (Wildman–Crippen LogP) is 5.47. The zero-order chi connectivity index (χ0) is 22.3. The third-order valence-electron chi connectivity index (χ3n) is 8.48. The van der Waals surface area contributed by atoms with Crippen LogP contribution in [-0.4, -0.2) is 34.2 Å². The number of esters is 1. The van der Waals surface area contributed by atoms with Gasteiger partial charge in [0.1, 0.15) is 18.0 Å². The minimum absolute atomic E-state index is 0.0137. The number of alkyl halides is 1. The van der Waals surface area contributed by atoms with Crippen LogP contribution in [0.15, 0.2) is 24.0 Å². The molecule has 0 saturated heterocycles. The molecule has 1 N–H and O–H groups in total. The van der Waals surface area contributed by atoms with Crippen molar-refractivity contribution in [3.05, 3.63) is 24.0 Å². The number of aliphatic hydroxyl groups is 1. The molecule has 4 rings (SSSR count). The van der Waals surface area contributed by atoms with E-state index in [1.807, 2.05) is 0 Å². The molecular weight excluding hydrogens is 460 g/mol. The molecule has 3 fully saturated rings. The van der Waals surface area contributed by atoms with E-state index in [0.29, 0.717) is 23.5 Å². The second kappa shape index (κ2) is 9.18. The summed E-state index contributed by atoms with van der Waals surface area (Å²) in [6, 6.07) is 0. The van der Waals surface area contributed by atoms with Gasteiger partial charge >= 0.3 is 5.97 Å². The Kier molecular flexibility index (Phi) is 6.91. The lowest BCUT2D eigenvalue weighted by molar-refractivity contribution is -0.301. The molecule has 31 heavy (non-hydrogen) atoms. The number of ether oxygens (including phenoxy) is 1. The predicted molar refractivity (Wildman–Crippen MR) is 122 cm³/mol. The summed E-state index contributed by atoms with van der Waals surface area (Å²) >= 11 is 3.78. The molecule has 0 aromatic rings. The van der Waals surface area contributed by atoms with Gasteiger partial charge in [-0.15, -0.1) is 0 Å². The molecule has 0 amide bonds. The highest BCUT2D eigenvalue weighted by Crippen LogP contribution is 2.62. The van der Waals surface area contributed by atoms with Crippen molar-refractivity contribution in [2.24, 2.45) is 29.1 Å². The number of hydrogen-bond donors (Lipinski definition) is 1. The van der Waals surface area contributed by atoms with Crippen LogP contribution in [0, 0.1) is 29.1 Å². The van der Waals surface area contributed by atoms with Gasteiger partial charge in [-0.05, 0) is 68.1 Å². The Balaban J connectivity index is 1.49. The molecule has 3 saturated carbocycles. The van der Waals surface area contributed by atoms with Gasteiger partial charge in [-0.3, -0.25) is 4.79 Å². The monoisotopic (exact) mass is 496 g/mol. The highest BCUT2D eigenvalue weighted by Gasteiger charge is 2.59. The molecule has 4 aliphatic rings. The second-order valence-electron chi connectivity index (χ2n) is 10.3. The van der Waals surface area contributed by atoms with E-state index in [1.54, 1.807) is 0 Å². The number of carbonyl (C=O) groups excluding carboxylic acids is 1. The first kappa shape index (κ1) is 23.3. The molecule has 9 atom stereocenters. The van der Waals surface area contributed by atoms with Crippen molar-refractivity contribution < 1.29 is 24.4 Å². The lowest BCUT2D eigenvalue weighted by atomic mass is 9.50. The molecule has 6 heteroatoms. The van der Waals surface area contributed by atoms with Crippen molar-refractivity contribution in [1.29, 1.82) is 0 Å². The highest BCUT2D eigenvalue weighted by molar-refractivity contribution is 9.09. The number of carbonyl (C=O) groups is 1. The third kappa shape index (κ3) is 4.37. The Labute approximate surface area is 194 Å². The Morgan fingerprint density at radius 3 is 2.81 bits per heavy atom. The molecule has 0 radical (unpaired) electrons. The molecular formula is C25H37BrO5. The summed E-state index contributed by atoms with van der Waals surface area (Å²) in [5, 5.41) is 11.2. The molecule has 0 aromatic heterocycles. The average Bonchev–Trinajstić information content (AvgIpc) is 3.02. The van der Waals surface area contributed by atoms with E-state index < -0.39 is 6.10 Å². The highest BCUT2D eigenvalue weighted by atomic mass is 79.9. The first-order chi connectivity index (χ1) is 14.7. The Hall–Kier alpha value is -0.850. The van der Waals surface area contributed by atoms with Crippen LogP contribution in [0.3, 0.4) is 0 Å². The summed E-state index contributed by atoms with van der Waals surface area (Å²) in [4.78, 5) is 23.0. The van der Waals surface area contributed by atoms with E-state index in [1.165, 1.54) is 12.5 Å². The molecule has 5 nitrogen and oxygen atoms in total. The van der Waals surface area contributed by atoms with E-state index in [-0.39, 0.29) is 34.3 Å². The molecule has 0 bridgehead atoms. The van der Waals surface area contributed by atoms with Gasteiger partial charge in [0.25, 0.3) is 0 Å². The van der Waals surface area contributed by atoms with E-state index in [9.17, 15) is 9.90 Å². The van der Waals surface area contributed by atoms with Crippen LogP contribution in [0.25, 0.3) is 0 Å². The molecule has 0 aliphatic heterocycles. The van der Waals surface area contributed by atoms with E-state index in [0.717, 1.165) is 51.4 Å². The van der Waals surface area contributed by atoms with Crippen molar-refractivity contribution in [2.45, 2.75) is 95.3 Å². The van der Waals surface area contributed by atoms with Crippen LogP contribution in [0.5, 0.6) is 0 Å². The number of allylic oxidation sites excluding steroid dienone is 1. The first-order valence-corrected chi connectivity index (χ1v) is 12.9. The zero-order valence-corrected chi connectivity index (χ0v) is 20.6. The quantitative estimate of drug-likeness (QED) is 0.132. The van der Waals surface area contributed by atoms with Crippen LogP contribution in [0.4, 0.5) is 0 Å². The van der Waals surface area contributed by atoms with Gasteiger partial charge in [-0.1, -0.05) is 48.0 Å². The minimum Gasteiger partial charge on any atom is -0.461 e. The van der Waals surface area contributed by atoms with Gasteiger partial charge in [0.2, 0.25) is 0 Å². The summed E-state index contributed by atoms with van der Waals surface area (Å²) in [5.74, 6) is 1.87. The summed E-state index contributed by atoms with van der Waals surface area (Å²) in [7, 11) is 0. The summed E-state index contributed by atoms with van der Waals surface area (Å²) in [6.07, 6.45) is 9.29. The SMILES string of the molecule is C=C(CCC)OO[C@H]1CC[C@@]2(C)C(=CC(O)C3C4C[C@@H](Br)C(OC(C)=O)[C@H]4CCC32)C1. The van der Waals surface area contributed by atoms with Gasteiger partial charge in [-0.2, -0.15) is 4.89 Å². The summed E-state index contributed by atoms with van der Waals surface area (Å²) in [5.41, 5.74) is 1.42. The third-order valence-corrected chi connectivity index (χ3v) is 9.38. The lowest BCUT2D eigenvalue weighted by Gasteiger charge is -2.56. The van der Waals surface area contributed by atoms with Crippen LogP contribution in [0.2, 0.25) is 0 Å². The number of halogens is 1. The maximum Gasteiger partial charge on any atom is 0.302 e. The lowest BCUT2D eigenvalue weighted by Crippen LogP contribution is -2.52. The van der Waals surface area contributed by atoms with Crippen molar-refractivity contribution in [3.8, 4) is 0 Å². The van der Waals surface area contributed by atoms with Gasteiger partial charge in [-0.25, -0.2) is 0 Å². The minimum atomic E-state index is -0.452. The summed E-state index contributed by atoms with van der Waals surface area (Å²) < 4.78 is 5.70. The molecule has 174 valence electrons. The molecule has 0 heterocycles. The number of fused-ring (bicyclic) bond motifs is 5. The van der Waals surface area contributed by atoms with Crippen molar-refractivity contribution in [3.63, 3.8) is 0 Å². The summed E-state index contributed by atoms with van der Waals surface area (Å²) in [6.45, 7) is 9.89. The standard InChI is InChI=1S/C25H37BrO5/c1-5-6-14(2)30-31-17-9-10-25(4)16(11-17)12-22(28)23-19-13-21(26)24(29-15(3)27)18(19)7-8-20(23)25/h12,17-24,28H,2,5-11,13H2,1,3-4H3/t17-,18-,19?,20?,21+,22?,23?,24?,25-/m0/s1.